The summed E-state index contributed by atoms with van der Waals surface area (Å²) in [6.45, 7) is 3.83. The van der Waals surface area contributed by atoms with Gasteiger partial charge in [0.1, 0.15) is 0 Å². The SMILES string of the molecule is CSCC(CCO)NCC1CCCC(C)C1. The third-order valence-electron chi connectivity index (χ3n) is 3.59. The lowest BCUT2D eigenvalue weighted by Gasteiger charge is -2.28. The van der Waals surface area contributed by atoms with Gasteiger partial charge in [0, 0.05) is 18.4 Å². The van der Waals surface area contributed by atoms with Gasteiger partial charge in [0.15, 0.2) is 0 Å². The molecule has 16 heavy (non-hydrogen) atoms. The van der Waals surface area contributed by atoms with Gasteiger partial charge in [-0.1, -0.05) is 19.8 Å². The van der Waals surface area contributed by atoms with Gasteiger partial charge in [0.25, 0.3) is 0 Å². The third-order valence-corrected chi connectivity index (χ3v) is 4.32. The minimum Gasteiger partial charge on any atom is -0.396 e. The Labute approximate surface area is 105 Å². The van der Waals surface area contributed by atoms with Crippen LogP contribution in [0.4, 0.5) is 0 Å². The molecule has 0 aromatic heterocycles. The van der Waals surface area contributed by atoms with E-state index in [-0.39, 0.29) is 0 Å². The summed E-state index contributed by atoms with van der Waals surface area (Å²) in [6, 6.07) is 0.497. The Morgan fingerprint density at radius 3 is 2.88 bits per heavy atom. The molecule has 0 heterocycles. The average molecular weight is 245 g/mol. The van der Waals surface area contributed by atoms with Crippen LogP contribution >= 0.6 is 11.8 Å². The zero-order valence-electron chi connectivity index (χ0n) is 10.7. The predicted octanol–water partition coefficient (Wildman–Crippen LogP) is 2.52. The Bertz CT molecular complexity index is 167. The molecule has 0 bridgehead atoms. The summed E-state index contributed by atoms with van der Waals surface area (Å²) in [5, 5.41) is 12.6. The molecule has 1 saturated carbocycles. The first kappa shape index (κ1) is 14.3. The zero-order chi connectivity index (χ0) is 11.8. The molecule has 0 aromatic carbocycles. The highest BCUT2D eigenvalue weighted by Gasteiger charge is 2.19. The van der Waals surface area contributed by atoms with E-state index >= 15 is 0 Å². The molecule has 0 aliphatic heterocycles. The Hall–Kier alpha value is 0.270. The summed E-state index contributed by atoms with van der Waals surface area (Å²) in [7, 11) is 0. The fourth-order valence-electron chi connectivity index (χ4n) is 2.68. The second-order valence-electron chi connectivity index (χ2n) is 5.21. The Balaban J connectivity index is 2.19. The topological polar surface area (TPSA) is 32.3 Å². The van der Waals surface area contributed by atoms with Crippen molar-refractivity contribution in [2.24, 2.45) is 11.8 Å². The molecular formula is C13H27NOS. The lowest BCUT2D eigenvalue weighted by atomic mass is 9.82. The molecule has 0 saturated heterocycles. The molecule has 0 radical (unpaired) electrons. The van der Waals surface area contributed by atoms with E-state index < -0.39 is 0 Å². The molecule has 3 atom stereocenters. The molecule has 0 aromatic rings. The highest BCUT2D eigenvalue weighted by atomic mass is 32.2. The molecule has 0 spiro atoms. The molecule has 2 nitrogen and oxygen atoms in total. The van der Waals surface area contributed by atoms with Crippen LogP contribution in [-0.2, 0) is 0 Å². The van der Waals surface area contributed by atoms with E-state index in [1.165, 1.54) is 25.7 Å². The fourth-order valence-corrected chi connectivity index (χ4v) is 3.37. The van der Waals surface area contributed by atoms with E-state index in [9.17, 15) is 0 Å². The Morgan fingerprint density at radius 2 is 2.25 bits per heavy atom. The Morgan fingerprint density at radius 1 is 1.44 bits per heavy atom. The molecule has 3 heteroatoms. The van der Waals surface area contributed by atoms with Gasteiger partial charge in [-0.25, -0.2) is 0 Å². The van der Waals surface area contributed by atoms with Crippen LogP contribution in [0.2, 0.25) is 0 Å². The van der Waals surface area contributed by atoms with Gasteiger partial charge >= 0.3 is 0 Å². The Kier molecular flexibility index (Phi) is 7.50. The first-order valence-electron chi connectivity index (χ1n) is 6.59. The monoisotopic (exact) mass is 245 g/mol. The van der Waals surface area contributed by atoms with Crippen molar-refractivity contribution in [1.29, 1.82) is 0 Å². The summed E-state index contributed by atoms with van der Waals surface area (Å²) in [4.78, 5) is 0. The van der Waals surface area contributed by atoms with Crippen molar-refractivity contribution in [1.82, 2.24) is 5.32 Å². The van der Waals surface area contributed by atoms with Crippen LogP contribution in [0.15, 0.2) is 0 Å². The number of nitrogens with one attached hydrogen (secondary N) is 1. The lowest BCUT2D eigenvalue weighted by molar-refractivity contribution is 0.246. The maximum absolute atomic E-state index is 8.99. The minimum absolute atomic E-state index is 0.305. The summed E-state index contributed by atoms with van der Waals surface area (Å²) in [5.74, 6) is 2.90. The second kappa shape index (κ2) is 8.37. The van der Waals surface area contributed by atoms with Crippen LogP contribution in [0.1, 0.15) is 39.0 Å². The number of rotatable bonds is 7. The number of hydrogen-bond acceptors (Lipinski definition) is 3. The van der Waals surface area contributed by atoms with Gasteiger partial charge in [-0.15, -0.1) is 0 Å². The van der Waals surface area contributed by atoms with Gasteiger partial charge in [0.05, 0.1) is 0 Å². The standard InChI is InChI=1S/C13H27NOS/c1-11-4-3-5-12(8-11)9-14-13(6-7-15)10-16-2/h11-15H,3-10H2,1-2H3. The van der Waals surface area contributed by atoms with Crippen molar-refractivity contribution >= 4 is 11.8 Å². The maximum Gasteiger partial charge on any atom is 0.0446 e. The van der Waals surface area contributed by atoms with Gasteiger partial charge in [-0.3, -0.25) is 0 Å². The smallest absolute Gasteiger partial charge is 0.0446 e. The van der Waals surface area contributed by atoms with E-state index in [2.05, 4.69) is 18.5 Å². The minimum atomic E-state index is 0.305. The largest absolute Gasteiger partial charge is 0.396 e. The number of hydrogen-bond donors (Lipinski definition) is 2. The summed E-state index contributed by atoms with van der Waals surface area (Å²) in [6.07, 6.45) is 8.63. The predicted molar refractivity (Wildman–Crippen MR) is 73.0 cm³/mol. The van der Waals surface area contributed by atoms with E-state index in [4.69, 9.17) is 5.11 Å². The molecule has 1 rings (SSSR count). The highest BCUT2D eigenvalue weighted by Crippen LogP contribution is 2.28. The molecule has 1 aliphatic carbocycles. The average Bonchev–Trinajstić information content (AvgIpc) is 2.27. The van der Waals surface area contributed by atoms with Crippen molar-refractivity contribution in [3.05, 3.63) is 0 Å². The van der Waals surface area contributed by atoms with E-state index in [1.807, 2.05) is 11.8 Å². The van der Waals surface area contributed by atoms with Crippen molar-refractivity contribution in [3.63, 3.8) is 0 Å². The summed E-state index contributed by atoms with van der Waals surface area (Å²) in [5.41, 5.74) is 0. The number of aliphatic hydroxyl groups is 1. The van der Waals surface area contributed by atoms with Crippen LogP contribution in [0.5, 0.6) is 0 Å². The van der Waals surface area contributed by atoms with Crippen molar-refractivity contribution in [2.75, 3.05) is 25.2 Å². The van der Waals surface area contributed by atoms with Crippen LogP contribution in [0.3, 0.4) is 0 Å². The lowest BCUT2D eigenvalue weighted by Crippen LogP contribution is -2.37. The molecule has 1 aliphatic rings. The van der Waals surface area contributed by atoms with Gasteiger partial charge in [-0.2, -0.15) is 11.8 Å². The van der Waals surface area contributed by atoms with E-state index in [0.717, 1.165) is 30.6 Å². The number of aliphatic hydroxyl groups excluding tert-OH is 1. The molecule has 96 valence electrons. The van der Waals surface area contributed by atoms with Crippen LogP contribution in [0.25, 0.3) is 0 Å². The van der Waals surface area contributed by atoms with Crippen LogP contribution in [-0.4, -0.2) is 36.3 Å². The van der Waals surface area contributed by atoms with E-state index in [1.54, 1.807) is 0 Å². The molecule has 2 N–H and O–H groups in total. The molecule has 3 unspecified atom stereocenters. The van der Waals surface area contributed by atoms with Crippen LogP contribution < -0.4 is 5.32 Å². The van der Waals surface area contributed by atoms with Crippen LogP contribution in [0, 0.1) is 11.8 Å². The first-order valence-corrected chi connectivity index (χ1v) is 7.98. The molecular weight excluding hydrogens is 218 g/mol. The second-order valence-corrected chi connectivity index (χ2v) is 6.12. The van der Waals surface area contributed by atoms with E-state index in [0.29, 0.717) is 12.6 Å². The van der Waals surface area contributed by atoms with Gasteiger partial charge < -0.3 is 10.4 Å². The fraction of sp³-hybridized carbons (Fsp3) is 1.00. The van der Waals surface area contributed by atoms with Gasteiger partial charge in [0.2, 0.25) is 0 Å². The number of thioether (sulfide) groups is 1. The zero-order valence-corrected chi connectivity index (χ0v) is 11.6. The third kappa shape index (κ3) is 5.55. The molecule has 1 fully saturated rings. The van der Waals surface area contributed by atoms with Crippen molar-refractivity contribution < 1.29 is 5.11 Å². The molecule has 0 amide bonds. The van der Waals surface area contributed by atoms with Crippen molar-refractivity contribution in [3.8, 4) is 0 Å². The normalized spacial score (nSPS) is 27.9. The van der Waals surface area contributed by atoms with Gasteiger partial charge in [-0.05, 0) is 43.9 Å². The highest BCUT2D eigenvalue weighted by molar-refractivity contribution is 7.98. The first-order chi connectivity index (χ1) is 7.76. The summed E-state index contributed by atoms with van der Waals surface area (Å²) < 4.78 is 0. The van der Waals surface area contributed by atoms with Crippen molar-refractivity contribution in [2.45, 2.75) is 45.1 Å². The summed E-state index contributed by atoms with van der Waals surface area (Å²) >= 11 is 1.86. The maximum atomic E-state index is 8.99. The quantitative estimate of drug-likeness (QED) is 0.723.